The molecule has 1 heteroatoms. The van der Waals surface area contributed by atoms with E-state index in [1.807, 2.05) is 6.08 Å². The molecule has 0 spiro atoms. The third-order valence-corrected chi connectivity index (χ3v) is 2.99. The Hall–Kier alpha value is -1.08. The largest absolute Gasteiger partial charge is 0.310 e. The minimum atomic E-state index is 0.515. The van der Waals surface area contributed by atoms with Gasteiger partial charge in [0.1, 0.15) is 0 Å². The predicted octanol–water partition coefficient (Wildman–Crippen LogP) is 4.47. The van der Waals surface area contributed by atoms with E-state index in [1.54, 1.807) is 0 Å². The molecule has 1 atom stereocenters. The monoisotopic (exact) mass is 231 g/mol. The van der Waals surface area contributed by atoms with Crippen molar-refractivity contribution in [3.63, 3.8) is 0 Å². The summed E-state index contributed by atoms with van der Waals surface area (Å²) in [6, 6.07) is 11.3. The summed E-state index contributed by atoms with van der Waals surface area (Å²) in [7, 11) is 0. The summed E-state index contributed by atoms with van der Waals surface area (Å²) in [6.45, 7) is 7.08. The summed E-state index contributed by atoms with van der Waals surface area (Å²) < 4.78 is 0. The van der Waals surface area contributed by atoms with Gasteiger partial charge in [0, 0.05) is 6.04 Å². The van der Waals surface area contributed by atoms with Crippen LogP contribution in [0.25, 0.3) is 0 Å². The second-order valence-electron chi connectivity index (χ2n) is 4.49. The van der Waals surface area contributed by atoms with Gasteiger partial charge in [0.15, 0.2) is 0 Å². The number of unbranched alkanes of at least 4 members (excludes halogenated alkanes) is 2. The molecule has 0 radical (unpaired) electrons. The van der Waals surface area contributed by atoms with Crippen LogP contribution in [0.3, 0.4) is 0 Å². The molecule has 1 aromatic carbocycles. The number of hydrogen-bond donors (Lipinski definition) is 1. The van der Waals surface area contributed by atoms with Crippen molar-refractivity contribution in [3.05, 3.63) is 48.6 Å². The van der Waals surface area contributed by atoms with Gasteiger partial charge < -0.3 is 5.32 Å². The van der Waals surface area contributed by atoms with Crippen molar-refractivity contribution >= 4 is 0 Å². The molecule has 1 nitrogen and oxygen atoms in total. The van der Waals surface area contributed by atoms with Gasteiger partial charge in [-0.15, -0.1) is 6.58 Å². The Labute approximate surface area is 106 Å². The number of rotatable bonds is 9. The Morgan fingerprint density at radius 3 is 2.65 bits per heavy atom. The van der Waals surface area contributed by atoms with Crippen molar-refractivity contribution in [1.82, 2.24) is 5.32 Å². The van der Waals surface area contributed by atoms with Gasteiger partial charge in [-0.1, -0.05) is 49.8 Å². The van der Waals surface area contributed by atoms with E-state index in [2.05, 4.69) is 49.2 Å². The van der Waals surface area contributed by atoms with Crippen LogP contribution in [-0.2, 0) is 0 Å². The highest BCUT2D eigenvalue weighted by atomic mass is 14.9. The molecule has 0 aromatic heterocycles. The summed E-state index contributed by atoms with van der Waals surface area (Å²) in [4.78, 5) is 0. The van der Waals surface area contributed by atoms with E-state index in [-0.39, 0.29) is 0 Å². The highest BCUT2D eigenvalue weighted by molar-refractivity contribution is 5.18. The zero-order valence-electron chi connectivity index (χ0n) is 11.0. The van der Waals surface area contributed by atoms with Crippen molar-refractivity contribution < 1.29 is 0 Å². The molecule has 0 bridgehead atoms. The molecule has 1 unspecified atom stereocenters. The first-order valence-corrected chi connectivity index (χ1v) is 6.77. The molecule has 0 aliphatic rings. The Bertz CT molecular complexity index is 292. The second kappa shape index (κ2) is 9.00. The minimum absolute atomic E-state index is 0.515. The molecule has 17 heavy (non-hydrogen) atoms. The minimum Gasteiger partial charge on any atom is -0.310 e. The average molecular weight is 231 g/mol. The molecule has 0 aliphatic carbocycles. The van der Waals surface area contributed by atoms with E-state index in [1.165, 1.54) is 31.2 Å². The van der Waals surface area contributed by atoms with Crippen LogP contribution < -0.4 is 5.32 Å². The summed E-state index contributed by atoms with van der Waals surface area (Å²) in [5.74, 6) is 0. The van der Waals surface area contributed by atoms with Gasteiger partial charge in [-0.2, -0.15) is 0 Å². The SMILES string of the molecule is C=CCCCCC(NCCC)c1ccccc1. The lowest BCUT2D eigenvalue weighted by atomic mass is 10.0. The molecule has 0 fully saturated rings. The lowest BCUT2D eigenvalue weighted by Crippen LogP contribution is -2.22. The van der Waals surface area contributed by atoms with Crippen molar-refractivity contribution in [2.75, 3.05) is 6.54 Å². The summed E-state index contributed by atoms with van der Waals surface area (Å²) in [5, 5.41) is 3.64. The predicted molar refractivity (Wildman–Crippen MR) is 76.1 cm³/mol. The fourth-order valence-electron chi connectivity index (χ4n) is 2.03. The normalized spacial score (nSPS) is 12.3. The van der Waals surface area contributed by atoms with E-state index in [0.29, 0.717) is 6.04 Å². The lowest BCUT2D eigenvalue weighted by molar-refractivity contribution is 0.477. The number of hydrogen-bond acceptors (Lipinski definition) is 1. The van der Waals surface area contributed by atoms with Crippen molar-refractivity contribution in [3.8, 4) is 0 Å². The van der Waals surface area contributed by atoms with Crippen LogP contribution in [0.5, 0.6) is 0 Å². The molecule has 1 rings (SSSR count). The molecule has 94 valence electrons. The Morgan fingerprint density at radius 2 is 2.00 bits per heavy atom. The number of benzene rings is 1. The molecule has 0 heterocycles. The van der Waals surface area contributed by atoms with Crippen LogP contribution in [0, 0.1) is 0 Å². The van der Waals surface area contributed by atoms with E-state index in [9.17, 15) is 0 Å². The fraction of sp³-hybridized carbons (Fsp3) is 0.500. The van der Waals surface area contributed by atoms with Crippen LogP contribution in [0.1, 0.15) is 50.6 Å². The van der Waals surface area contributed by atoms with Crippen LogP contribution >= 0.6 is 0 Å². The lowest BCUT2D eigenvalue weighted by Gasteiger charge is -2.18. The molecule has 0 aliphatic heterocycles. The van der Waals surface area contributed by atoms with Gasteiger partial charge in [-0.3, -0.25) is 0 Å². The van der Waals surface area contributed by atoms with Gasteiger partial charge in [0.25, 0.3) is 0 Å². The maximum Gasteiger partial charge on any atom is 0.0320 e. The zero-order valence-corrected chi connectivity index (χ0v) is 11.0. The fourth-order valence-corrected chi connectivity index (χ4v) is 2.03. The van der Waals surface area contributed by atoms with E-state index in [0.717, 1.165) is 13.0 Å². The number of nitrogens with one attached hydrogen (secondary N) is 1. The highest BCUT2D eigenvalue weighted by Crippen LogP contribution is 2.19. The van der Waals surface area contributed by atoms with Crippen molar-refractivity contribution in [1.29, 1.82) is 0 Å². The van der Waals surface area contributed by atoms with Gasteiger partial charge >= 0.3 is 0 Å². The van der Waals surface area contributed by atoms with E-state index in [4.69, 9.17) is 0 Å². The smallest absolute Gasteiger partial charge is 0.0320 e. The molecular formula is C16H25N. The molecule has 0 saturated carbocycles. The van der Waals surface area contributed by atoms with E-state index >= 15 is 0 Å². The Balaban J connectivity index is 2.45. The first kappa shape index (κ1) is 14.0. The maximum atomic E-state index is 3.77. The maximum absolute atomic E-state index is 3.77. The summed E-state index contributed by atoms with van der Waals surface area (Å²) in [6.07, 6.45) is 8.07. The number of allylic oxidation sites excluding steroid dienone is 1. The summed E-state index contributed by atoms with van der Waals surface area (Å²) >= 11 is 0. The topological polar surface area (TPSA) is 12.0 Å². The van der Waals surface area contributed by atoms with Crippen LogP contribution in [-0.4, -0.2) is 6.54 Å². The van der Waals surface area contributed by atoms with Gasteiger partial charge in [0.05, 0.1) is 0 Å². The van der Waals surface area contributed by atoms with Gasteiger partial charge in [-0.05, 0) is 37.8 Å². The third-order valence-electron chi connectivity index (χ3n) is 2.99. The van der Waals surface area contributed by atoms with Crippen LogP contribution in [0.4, 0.5) is 0 Å². The van der Waals surface area contributed by atoms with E-state index < -0.39 is 0 Å². The quantitative estimate of drug-likeness (QED) is 0.488. The standard InChI is InChI=1S/C16H25N/c1-3-5-6-10-13-16(17-14-4-2)15-11-8-7-9-12-15/h3,7-9,11-12,16-17H,1,4-6,10,13-14H2,2H3. The molecular weight excluding hydrogens is 206 g/mol. The third kappa shape index (κ3) is 5.69. The summed E-state index contributed by atoms with van der Waals surface area (Å²) in [5.41, 5.74) is 1.42. The first-order valence-electron chi connectivity index (χ1n) is 6.77. The average Bonchev–Trinajstić information content (AvgIpc) is 2.39. The van der Waals surface area contributed by atoms with Gasteiger partial charge in [0.2, 0.25) is 0 Å². The molecule has 1 N–H and O–H groups in total. The molecule has 0 saturated heterocycles. The van der Waals surface area contributed by atoms with Crippen molar-refractivity contribution in [2.45, 2.75) is 45.1 Å². The van der Waals surface area contributed by atoms with Crippen molar-refractivity contribution in [2.24, 2.45) is 0 Å². The van der Waals surface area contributed by atoms with Crippen LogP contribution in [0.15, 0.2) is 43.0 Å². The second-order valence-corrected chi connectivity index (χ2v) is 4.49. The van der Waals surface area contributed by atoms with Crippen LogP contribution in [0.2, 0.25) is 0 Å². The Morgan fingerprint density at radius 1 is 1.24 bits per heavy atom. The molecule has 1 aromatic rings. The highest BCUT2D eigenvalue weighted by Gasteiger charge is 2.08. The first-order chi connectivity index (χ1) is 8.38. The zero-order chi connectivity index (χ0) is 12.3. The molecule has 0 amide bonds. The van der Waals surface area contributed by atoms with Gasteiger partial charge in [-0.25, -0.2) is 0 Å². The Kier molecular flexibility index (Phi) is 7.40.